The fraction of sp³-hybridized carbons (Fsp3) is 0.0909. The number of rotatable bonds is 5. The molecule has 1 aromatic heterocycles. The molecule has 2 aromatic rings. The van der Waals surface area contributed by atoms with Crippen molar-refractivity contribution in [1.82, 2.24) is 14.9 Å². The molecule has 0 amide bonds. The number of nitrogens with two attached hydrogens (primary N) is 1. The largest absolute Gasteiger partial charge is 0.392 e. The van der Waals surface area contributed by atoms with E-state index in [-0.39, 0.29) is 9.88 Å². The van der Waals surface area contributed by atoms with Crippen LogP contribution in [0.3, 0.4) is 0 Å². The predicted molar refractivity (Wildman–Crippen MR) is 74.9 cm³/mol. The van der Waals surface area contributed by atoms with Crippen LogP contribution in [0, 0.1) is 0 Å². The van der Waals surface area contributed by atoms with Crippen LogP contribution in [0.4, 0.5) is 0 Å². The summed E-state index contributed by atoms with van der Waals surface area (Å²) >= 11 is 4.92. The molecule has 2 rings (SSSR count). The maximum atomic E-state index is 12.1. The molecule has 1 atom stereocenters. The van der Waals surface area contributed by atoms with E-state index in [0.717, 1.165) is 0 Å². The average Bonchev–Trinajstić information content (AvgIpc) is 2.91. The Hall–Kier alpha value is -1.77. The molecule has 0 aliphatic heterocycles. The van der Waals surface area contributed by atoms with E-state index in [1.165, 1.54) is 12.4 Å². The number of thiocarbonyl (C=S) groups is 1. The van der Waals surface area contributed by atoms with E-state index >= 15 is 0 Å². The molecule has 0 radical (unpaired) electrons. The summed E-state index contributed by atoms with van der Waals surface area (Å²) < 4.78 is 26.6. The minimum absolute atomic E-state index is 0.0321. The summed E-state index contributed by atoms with van der Waals surface area (Å²) in [6.45, 7) is 0. The average molecular weight is 296 g/mol. The monoisotopic (exact) mass is 296 g/mol. The lowest BCUT2D eigenvalue weighted by molar-refractivity contribution is 0.577. The Balaban J connectivity index is 2.31. The Labute approximate surface area is 116 Å². The second-order valence-corrected chi connectivity index (χ2v) is 5.99. The highest BCUT2D eigenvalue weighted by Gasteiger charge is 2.23. The number of aromatic nitrogens is 2. The lowest BCUT2D eigenvalue weighted by atomic mass is 10.1. The molecule has 0 spiro atoms. The number of hydrogen-bond donors (Lipinski definition) is 3. The third kappa shape index (κ3) is 3.16. The number of nitrogens with zero attached hydrogens (tertiary/aromatic N) is 1. The summed E-state index contributed by atoms with van der Waals surface area (Å²) in [6.07, 6.45) is 2.49. The Morgan fingerprint density at radius 3 is 2.58 bits per heavy atom. The van der Waals surface area contributed by atoms with Gasteiger partial charge in [-0.25, -0.2) is 8.42 Å². The minimum atomic E-state index is -3.72. The fourth-order valence-corrected chi connectivity index (χ4v) is 2.92. The van der Waals surface area contributed by atoms with Crippen molar-refractivity contribution in [3.05, 3.63) is 48.3 Å². The fourth-order valence-electron chi connectivity index (χ4n) is 1.55. The van der Waals surface area contributed by atoms with Gasteiger partial charge < -0.3 is 5.73 Å². The van der Waals surface area contributed by atoms with E-state index in [9.17, 15) is 8.42 Å². The van der Waals surface area contributed by atoms with Crippen LogP contribution >= 0.6 is 12.2 Å². The lowest BCUT2D eigenvalue weighted by Gasteiger charge is -2.17. The third-order valence-electron chi connectivity index (χ3n) is 2.47. The molecule has 8 heteroatoms. The summed E-state index contributed by atoms with van der Waals surface area (Å²) in [6, 6.07) is 8.14. The van der Waals surface area contributed by atoms with E-state index in [1.54, 1.807) is 24.3 Å². The van der Waals surface area contributed by atoms with Crippen LogP contribution in [0.25, 0.3) is 0 Å². The van der Waals surface area contributed by atoms with Gasteiger partial charge in [0, 0.05) is 6.20 Å². The van der Waals surface area contributed by atoms with Crippen molar-refractivity contribution >= 4 is 27.2 Å². The van der Waals surface area contributed by atoms with Crippen molar-refractivity contribution in [3.63, 3.8) is 0 Å². The van der Waals surface area contributed by atoms with Crippen molar-refractivity contribution in [2.75, 3.05) is 0 Å². The summed E-state index contributed by atoms with van der Waals surface area (Å²) in [4.78, 5) is 0.0861. The number of benzene rings is 1. The van der Waals surface area contributed by atoms with E-state index in [2.05, 4.69) is 14.9 Å². The van der Waals surface area contributed by atoms with Crippen LogP contribution in [0.5, 0.6) is 0 Å². The molecular weight excluding hydrogens is 284 g/mol. The normalized spacial score (nSPS) is 13.1. The molecule has 1 aromatic carbocycles. The van der Waals surface area contributed by atoms with Crippen LogP contribution in [-0.2, 0) is 10.0 Å². The highest BCUT2D eigenvalue weighted by molar-refractivity contribution is 7.89. The zero-order chi connectivity index (χ0) is 13.9. The van der Waals surface area contributed by atoms with Crippen molar-refractivity contribution in [2.45, 2.75) is 10.9 Å². The van der Waals surface area contributed by atoms with Gasteiger partial charge in [0.05, 0.1) is 17.2 Å². The summed E-state index contributed by atoms with van der Waals surface area (Å²) in [5.74, 6) is 0. The van der Waals surface area contributed by atoms with Crippen LogP contribution < -0.4 is 10.5 Å². The maximum Gasteiger partial charge on any atom is 0.244 e. The van der Waals surface area contributed by atoms with Gasteiger partial charge >= 0.3 is 0 Å². The minimum Gasteiger partial charge on any atom is -0.392 e. The standard InChI is InChI=1S/C11H12N4O2S2/c12-11(18)10(8-4-2-1-3-5-8)15-19(16,17)9-6-13-14-7-9/h1-7,10,15H,(H2,12,18)(H,13,14). The quantitative estimate of drug-likeness (QED) is 0.706. The Morgan fingerprint density at radius 1 is 1.37 bits per heavy atom. The molecule has 0 aliphatic rings. The molecule has 19 heavy (non-hydrogen) atoms. The Morgan fingerprint density at radius 2 is 2.05 bits per heavy atom. The van der Waals surface area contributed by atoms with Gasteiger partial charge in [-0.15, -0.1) is 0 Å². The molecule has 4 N–H and O–H groups in total. The second kappa shape index (κ2) is 5.47. The van der Waals surface area contributed by atoms with Gasteiger partial charge in [0.1, 0.15) is 4.90 Å². The Kier molecular flexibility index (Phi) is 3.93. The van der Waals surface area contributed by atoms with E-state index in [0.29, 0.717) is 5.56 Å². The zero-order valence-electron chi connectivity index (χ0n) is 9.78. The molecular formula is C11H12N4O2S2. The smallest absolute Gasteiger partial charge is 0.244 e. The summed E-state index contributed by atoms with van der Waals surface area (Å²) in [7, 11) is -3.72. The van der Waals surface area contributed by atoms with Gasteiger partial charge in [-0.2, -0.15) is 9.82 Å². The first-order valence-electron chi connectivity index (χ1n) is 5.36. The molecule has 100 valence electrons. The molecule has 0 saturated heterocycles. The summed E-state index contributed by atoms with van der Waals surface area (Å²) in [5.41, 5.74) is 6.29. The lowest BCUT2D eigenvalue weighted by Crippen LogP contribution is -2.36. The van der Waals surface area contributed by atoms with Crippen molar-refractivity contribution < 1.29 is 8.42 Å². The van der Waals surface area contributed by atoms with Gasteiger partial charge in [-0.1, -0.05) is 42.5 Å². The van der Waals surface area contributed by atoms with Gasteiger partial charge in [-0.3, -0.25) is 5.10 Å². The first-order valence-corrected chi connectivity index (χ1v) is 7.25. The van der Waals surface area contributed by atoms with Crippen molar-refractivity contribution in [2.24, 2.45) is 5.73 Å². The number of nitrogens with one attached hydrogen (secondary N) is 2. The molecule has 1 unspecified atom stereocenters. The van der Waals surface area contributed by atoms with Crippen LogP contribution in [0.1, 0.15) is 11.6 Å². The third-order valence-corrected chi connectivity index (χ3v) is 4.10. The highest BCUT2D eigenvalue weighted by atomic mass is 32.2. The van der Waals surface area contributed by atoms with Gasteiger partial charge in [0.2, 0.25) is 10.0 Å². The molecule has 0 fully saturated rings. The molecule has 0 saturated carbocycles. The molecule has 6 nitrogen and oxygen atoms in total. The zero-order valence-corrected chi connectivity index (χ0v) is 11.4. The molecule has 0 aliphatic carbocycles. The van der Waals surface area contributed by atoms with Crippen LogP contribution in [0.2, 0.25) is 0 Å². The SMILES string of the molecule is NC(=S)C(NS(=O)(=O)c1cn[nH]c1)c1ccccc1. The van der Waals surface area contributed by atoms with E-state index in [4.69, 9.17) is 18.0 Å². The summed E-state index contributed by atoms with van der Waals surface area (Å²) in [5, 5.41) is 6.05. The number of hydrogen-bond acceptors (Lipinski definition) is 4. The topological polar surface area (TPSA) is 101 Å². The first kappa shape index (κ1) is 13.7. The predicted octanol–water partition coefficient (Wildman–Crippen LogP) is 0.715. The highest BCUT2D eigenvalue weighted by Crippen LogP contribution is 2.16. The number of sulfonamides is 1. The van der Waals surface area contributed by atoms with Crippen molar-refractivity contribution in [3.8, 4) is 0 Å². The van der Waals surface area contributed by atoms with Gasteiger partial charge in [0.25, 0.3) is 0 Å². The Bertz CT molecular complexity index is 653. The van der Waals surface area contributed by atoms with Crippen LogP contribution in [-0.4, -0.2) is 23.6 Å². The van der Waals surface area contributed by atoms with Gasteiger partial charge in [0.15, 0.2) is 0 Å². The maximum absolute atomic E-state index is 12.1. The van der Waals surface area contributed by atoms with Gasteiger partial charge in [-0.05, 0) is 5.56 Å². The number of H-pyrrole nitrogens is 1. The van der Waals surface area contributed by atoms with E-state index < -0.39 is 16.1 Å². The first-order chi connectivity index (χ1) is 9.00. The van der Waals surface area contributed by atoms with E-state index in [1.807, 2.05) is 6.07 Å². The van der Waals surface area contributed by atoms with Crippen molar-refractivity contribution in [1.29, 1.82) is 0 Å². The number of aromatic amines is 1. The van der Waals surface area contributed by atoms with Crippen LogP contribution in [0.15, 0.2) is 47.6 Å². The molecule has 0 bridgehead atoms. The molecule has 1 heterocycles. The second-order valence-electron chi connectivity index (χ2n) is 3.80.